The van der Waals surface area contributed by atoms with Crippen molar-refractivity contribution in [2.75, 3.05) is 0 Å². The van der Waals surface area contributed by atoms with Gasteiger partial charge in [0.15, 0.2) is 0 Å². The summed E-state index contributed by atoms with van der Waals surface area (Å²) in [5, 5.41) is 4.47. The summed E-state index contributed by atoms with van der Waals surface area (Å²) in [7, 11) is 0. The molecular weight excluding hydrogens is 265 g/mol. The number of aryl methyl sites for hydroxylation is 1. The third-order valence-electron chi connectivity index (χ3n) is 3.06. The van der Waals surface area contributed by atoms with Crippen molar-refractivity contribution in [1.82, 2.24) is 14.8 Å². The Balaban J connectivity index is 1.96. The van der Waals surface area contributed by atoms with E-state index in [0.29, 0.717) is 0 Å². The normalized spacial score (nSPS) is 11.1. The van der Waals surface area contributed by atoms with E-state index in [1.807, 2.05) is 48.0 Å². The van der Waals surface area contributed by atoms with Crippen LogP contribution in [0.1, 0.15) is 17.0 Å². The topological polar surface area (TPSA) is 30.7 Å². The van der Waals surface area contributed by atoms with E-state index in [9.17, 15) is 4.39 Å². The monoisotopic (exact) mass is 279 g/mol. The van der Waals surface area contributed by atoms with Gasteiger partial charge in [-0.2, -0.15) is 5.10 Å². The van der Waals surface area contributed by atoms with Gasteiger partial charge in [-0.05, 0) is 48.9 Å². The number of pyridine rings is 1. The fourth-order valence-electron chi connectivity index (χ4n) is 2.12. The van der Waals surface area contributed by atoms with Gasteiger partial charge in [-0.25, -0.2) is 9.07 Å². The van der Waals surface area contributed by atoms with E-state index in [1.54, 1.807) is 18.5 Å². The van der Waals surface area contributed by atoms with Crippen LogP contribution in [0, 0.1) is 12.7 Å². The molecule has 3 rings (SSSR count). The number of nitrogens with zero attached hydrogens (tertiary/aromatic N) is 3. The lowest BCUT2D eigenvalue weighted by Gasteiger charge is -2.03. The van der Waals surface area contributed by atoms with Crippen LogP contribution in [0.5, 0.6) is 0 Å². The highest BCUT2D eigenvalue weighted by Crippen LogP contribution is 2.15. The molecule has 0 atom stereocenters. The number of hydrogen-bond acceptors (Lipinski definition) is 2. The Morgan fingerprint density at radius 3 is 2.62 bits per heavy atom. The van der Waals surface area contributed by atoms with E-state index in [1.165, 1.54) is 12.1 Å². The third-order valence-corrected chi connectivity index (χ3v) is 3.06. The summed E-state index contributed by atoms with van der Waals surface area (Å²) >= 11 is 0. The largest absolute Gasteiger partial charge is 0.265 e. The molecular formula is C17H14FN3. The predicted octanol–water partition coefficient (Wildman–Crippen LogP) is 3.89. The zero-order valence-electron chi connectivity index (χ0n) is 11.6. The highest BCUT2D eigenvalue weighted by molar-refractivity contribution is 5.69. The van der Waals surface area contributed by atoms with Gasteiger partial charge in [-0.3, -0.25) is 4.98 Å². The van der Waals surface area contributed by atoms with Crippen LogP contribution < -0.4 is 0 Å². The Morgan fingerprint density at radius 1 is 1.05 bits per heavy atom. The van der Waals surface area contributed by atoms with E-state index < -0.39 is 0 Å². The molecule has 0 aliphatic rings. The first-order valence-electron chi connectivity index (χ1n) is 6.63. The van der Waals surface area contributed by atoms with Gasteiger partial charge in [0.1, 0.15) is 5.82 Å². The summed E-state index contributed by atoms with van der Waals surface area (Å²) in [6.45, 7) is 1.94. The van der Waals surface area contributed by atoms with Gasteiger partial charge in [0, 0.05) is 12.4 Å². The van der Waals surface area contributed by atoms with Crippen LogP contribution >= 0.6 is 0 Å². The molecule has 2 aromatic heterocycles. The molecule has 4 heteroatoms. The molecule has 0 saturated heterocycles. The molecule has 0 bridgehead atoms. The fourth-order valence-corrected chi connectivity index (χ4v) is 2.12. The Labute approximate surface area is 122 Å². The molecule has 0 aliphatic carbocycles. The molecule has 0 fully saturated rings. The van der Waals surface area contributed by atoms with Crippen molar-refractivity contribution in [3.63, 3.8) is 0 Å². The van der Waals surface area contributed by atoms with E-state index in [0.717, 1.165) is 22.6 Å². The molecule has 0 saturated carbocycles. The first-order chi connectivity index (χ1) is 10.2. The summed E-state index contributed by atoms with van der Waals surface area (Å²) in [6, 6.07) is 12.3. The number of halogens is 1. The molecule has 0 aliphatic heterocycles. The lowest BCUT2D eigenvalue weighted by atomic mass is 10.2. The van der Waals surface area contributed by atoms with Gasteiger partial charge in [-0.1, -0.05) is 18.2 Å². The maximum atomic E-state index is 13.2. The Kier molecular flexibility index (Phi) is 3.60. The van der Waals surface area contributed by atoms with Crippen LogP contribution in [-0.2, 0) is 0 Å². The molecule has 2 heterocycles. The fraction of sp³-hybridized carbons (Fsp3) is 0.0588. The molecule has 0 N–H and O–H groups in total. The second-order valence-electron chi connectivity index (χ2n) is 4.72. The van der Waals surface area contributed by atoms with Gasteiger partial charge >= 0.3 is 0 Å². The van der Waals surface area contributed by atoms with E-state index in [4.69, 9.17) is 0 Å². The highest BCUT2D eigenvalue weighted by atomic mass is 19.1. The predicted molar refractivity (Wildman–Crippen MR) is 81.4 cm³/mol. The summed E-state index contributed by atoms with van der Waals surface area (Å²) in [5.74, 6) is -0.240. The van der Waals surface area contributed by atoms with E-state index in [2.05, 4.69) is 10.1 Å². The van der Waals surface area contributed by atoms with E-state index in [-0.39, 0.29) is 5.82 Å². The van der Waals surface area contributed by atoms with Gasteiger partial charge in [0.2, 0.25) is 0 Å². The Morgan fingerprint density at radius 2 is 1.86 bits per heavy atom. The average molecular weight is 279 g/mol. The molecule has 3 nitrogen and oxygen atoms in total. The standard InChI is InChI=1S/C17H14FN3/c1-13-11-17(6-5-14-3-2-4-15(18)12-14)21(20-13)16-7-9-19-10-8-16/h2-12H,1H3. The first-order valence-corrected chi connectivity index (χ1v) is 6.63. The van der Waals surface area contributed by atoms with Crippen molar-refractivity contribution in [1.29, 1.82) is 0 Å². The maximum Gasteiger partial charge on any atom is 0.123 e. The van der Waals surface area contributed by atoms with E-state index >= 15 is 0 Å². The van der Waals surface area contributed by atoms with Gasteiger partial charge in [0.05, 0.1) is 17.1 Å². The van der Waals surface area contributed by atoms with Gasteiger partial charge < -0.3 is 0 Å². The quantitative estimate of drug-likeness (QED) is 0.728. The zero-order valence-corrected chi connectivity index (χ0v) is 11.6. The molecule has 104 valence electrons. The summed E-state index contributed by atoms with van der Waals surface area (Å²) < 4.78 is 15.0. The van der Waals surface area contributed by atoms with Crippen LogP contribution in [0.2, 0.25) is 0 Å². The van der Waals surface area contributed by atoms with Crippen LogP contribution in [-0.4, -0.2) is 14.8 Å². The highest BCUT2D eigenvalue weighted by Gasteiger charge is 2.04. The molecule has 21 heavy (non-hydrogen) atoms. The lowest BCUT2D eigenvalue weighted by Crippen LogP contribution is -1.98. The molecule has 0 amide bonds. The number of aromatic nitrogens is 3. The Bertz CT molecular complexity index is 776. The van der Waals surface area contributed by atoms with Crippen LogP contribution in [0.25, 0.3) is 17.8 Å². The average Bonchev–Trinajstić information content (AvgIpc) is 2.87. The number of rotatable bonds is 3. The van der Waals surface area contributed by atoms with Crippen molar-refractivity contribution >= 4 is 12.2 Å². The zero-order chi connectivity index (χ0) is 14.7. The molecule has 0 radical (unpaired) electrons. The van der Waals surface area contributed by atoms with Crippen molar-refractivity contribution < 1.29 is 4.39 Å². The Hall–Kier alpha value is -2.75. The van der Waals surface area contributed by atoms with Crippen LogP contribution in [0.15, 0.2) is 54.9 Å². The minimum atomic E-state index is -0.240. The van der Waals surface area contributed by atoms with Crippen LogP contribution in [0.4, 0.5) is 4.39 Å². The summed E-state index contributed by atoms with van der Waals surface area (Å²) in [4.78, 5) is 4.01. The van der Waals surface area contributed by atoms with Crippen molar-refractivity contribution in [2.45, 2.75) is 6.92 Å². The summed E-state index contributed by atoms with van der Waals surface area (Å²) in [5.41, 5.74) is 3.61. The SMILES string of the molecule is Cc1cc(C=Cc2cccc(F)c2)n(-c2ccncc2)n1. The minimum Gasteiger partial charge on any atom is -0.265 e. The second kappa shape index (κ2) is 5.71. The third kappa shape index (κ3) is 3.05. The van der Waals surface area contributed by atoms with Gasteiger partial charge in [-0.15, -0.1) is 0 Å². The summed E-state index contributed by atoms with van der Waals surface area (Å²) in [6.07, 6.45) is 7.26. The van der Waals surface area contributed by atoms with Crippen molar-refractivity contribution in [2.24, 2.45) is 0 Å². The molecule has 1 aromatic carbocycles. The minimum absolute atomic E-state index is 0.240. The number of benzene rings is 1. The van der Waals surface area contributed by atoms with Crippen molar-refractivity contribution in [3.05, 3.63) is 77.6 Å². The molecule has 3 aromatic rings. The maximum absolute atomic E-state index is 13.2. The second-order valence-corrected chi connectivity index (χ2v) is 4.72. The molecule has 0 unspecified atom stereocenters. The lowest BCUT2D eigenvalue weighted by molar-refractivity contribution is 0.627. The van der Waals surface area contributed by atoms with Crippen LogP contribution in [0.3, 0.4) is 0 Å². The first kappa shape index (κ1) is 13.2. The number of hydrogen-bond donors (Lipinski definition) is 0. The van der Waals surface area contributed by atoms with Gasteiger partial charge in [0.25, 0.3) is 0 Å². The molecule has 0 spiro atoms. The van der Waals surface area contributed by atoms with Crippen molar-refractivity contribution in [3.8, 4) is 5.69 Å². The smallest absolute Gasteiger partial charge is 0.123 e.